The Morgan fingerprint density at radius 2 is 1.92 bits per heavy atom. The maximum atomic E-state index is 5.11. The van der Waals surface area contributed by atoms with Gasteiger partial charge in [-0.1, -0.05) is 21.1 Å². The zero-order valence-corrected chi connectivity index (χ0v) is 15.6. The minimum atomic E-state index is 0.666. The maximum Gasteiger partial charge on any atom is 0.227 e. The van der Waals surface area contributed by atoms with Gasteiger partial charge in [0.05, 0.1) is 11.4 Å². The van der Waals surface area contributed by atoms with Gasteiger partial charge in [-0.25, -0.2) is 4.68 Å². The molecule has 1 aromatic carbocycles. The lowest BCUT2D eigenvalue weighted by Gasteiger charge is -2.06. The zero-order chi connectivity index (χ0) is 17.1. The van der Waals surface area contributed by atoms with Gasteiger partial charge >= 0.3 is 0 Å². The molecule has 0 aliphatic heterocycles. The molecular weight excluding hydrogens is 370 g/mol. The molecule has 24 heavy (non-hydrogen) atoms. The van der Waals surface area contributed by atoms with Gasteiger partial charge in [0.15, 0.2) is 5.82 Å². The number of hydrogen-bond donors (Lipinski definition) is 1. The van der Waals surface area contributed by atoms with E-state index in [9.17, 15) is 0 Å². The van der Waals surface area contributed by atoms with Gasteiger partial charge in [-0.2, -0.15) is 10.1 Å². The molecule has 3 rings (SSSR count). The van der Waals surface area contributed by atoms with E-state index in [0.29, 0.717) is 11.7 Å². The lowest BCUT2D eigenvalue weighted by atomic mass is 10.2. The van der Waals surface area contributed by atoms with Crippen LogP contribution in [0.15, 0.2) is 33.3 Å². The average Bonchev–Trinajstić information content (AvgIpc) is 3.09. The van der Waals surface area contributed by atoms with Crippen LogP contribution in [0.3, 0.4) is 0 Å². The highest BCUT2D eigenvalue weighted by atomic mass is 79.9. The molecule has 0 unspecified atom stereocenters. The van der Waals surface area contributed by atoms with Gasteiger partial charge < -0.3 is 9.84 Å². The lowest BCUT2D eigenvalue weighted by molar-refractivity contribution is 0.372. The summed E-state index contributed by atoms with van der Waals surface area (Å²) in [5.41, 5.74) is 4.47. The van der Waals surface area contributed by atoms with E-state index in [1.54, 1.807) is 0 Å². The van der Waals surface area contributed by atoms with Crippen molar-refractivity contribution in [2.45, 2.75) is 33.7 Å². The summed E-state index contributed by atoms with van der Waals surface area (Å²) in [5.74, 6) is 1.34. The van der Waals surface area contributed by atoms with Crippen LogP contribution in [0.1, 0.15) is 28.7 Å². The minimum Gasteiger partial charge on any atom is -0.339 e. The highest BCUT2D eigenvalue weighted by Gasteiger charge is 2.12. The van der Waals surface area contributed by atoms with Crippen molar-refractivity contribution in [2.24, 2.45) is 0 Å². The van der Waals surface area contributed by atoms with E-state index < -0.39 is 0 Å². The largest absolute Gasteiger partial charge is 0.339 e. The van der Waals surface area contributed by atoms with E-state index >= 15 is 0 Å². The van der Waals surface area contributed by atoms with Crippen LogP contribution in [0.5, 0.6) is 0 Å². The van der Waals surface area contributed by atoms with E-state index in [2.05, 4.69) is 55.5 Å². The topological polar surface area (TPSA) is 68.8 Å². The molecule has 3 aromatic rings. The summed E-state index contributed by atoms with van der Waals surface area (Å²) in [4.78, 5) is 4.20. The molecule has 0 amide bonds. The summed E-state index contributed by atoms with van der Waals surface area (Å²) >= 11 is 3.46. The van der Waals surface area contributed by atoms with Crippen molar-refractivity contribution < 1.29 is 4.52 Å². The van der Waals surface area contributed by atoms with Crippen molar-refractivity contribution in [3.05, 3.63) is 57.4 Å². The van der Waals surface area contributed by atoms with Gasteiger partial charge in [0.1, 0.15) is 0 Å². The number of aromatic nitrogens is 4. The van der Waals surface area contributed by atoms with Crippen molar-refractivity contribution in [3.8, 4) is 5.69 Å². The fraction of sp³-hybridized carbons (Fsp3) is 0.353. The van der Waals surface area contributed by atoms with E-state index in [1.807, 2.05) is 30.7 Å². The molecule has 0 aliphatic rings. The van der Waals surface area contributed by atoms with E-state index in [-0.39, 0.29) is 0 Å². The summed E-state index contributed by atoms with van der Waals surface area (Å²) < 4.78 is 8.16. The third-order valence-electron chi connectivity index (χ3n) is 3.90. The Labute approximate surface area is 149 Å². The first-order valence-electron chi connectivity index (χ1n) is 7.85. The van der Waals surface area contributed by atoms with Gasteiger partial charge in [0.2, 0.25) is 5.89 Å². The predicted molar refractivity (Wildman–Crippen MR) is 95.2 cm³/mol. The Hall–Kier alpha value is -1.99. The quantitative estimate of drug-likeness (QED) is 0.655. The molecule has 0 saturated heterocycles. The maximum absolute atomic E-state index is 5.11. The molecule has 2 heterocycles. The second-order valence-corrected chi connectivity index (χ2v) is 6.62. The Bertz CT molecular complexity index is 822. The highest BCUT2D eigenvalue weighted by molar-refractivity contribution is 9.10. The molecular formula is C17H20BrN5O. The molecule has 6 nitrogen and oxygen atoms in total. The molecule has 0 spiro atoms. The fourth-order valence-corrected chi connectivity index (χ4v) is 2.88. The molecule has 0 saturated carbocycles. The van der Waals surface area contributed by atoms with Gasteiger partial charge in [0, 0.05) is 35.2 Å². The number of rotatable bonds is 6. The Kier molecular flexibility index (Phi) is 5.11. The summed E-state index contributed by atoms with van der Waals surface area (Å²) in [6.45, 7) is 7.51. The van der Waals surface area contributed by atoms with Crippen LogP contribution in [0.25, 0.3) is 5.69 Å². The third kappa shape index (κ3) is 3.73. The van der Waals surface area contributed by atoms with Crippen molar-refractivity contribution in [2.75, 3.05) is 6.54 Å². The van der Waals surface area contributed by atoms with E-state index in [0.717, 1.165) is 41.1 Å². The van der Waals surface area contributed by atoms with Crippen molar-refractivity contribution in [1.29, 1.82) is 0 Å². The van der Waals surface area contributed by atoms with Crippen LogP contribution < -0.4 is 5.32 Å². The molecule has 0 radical (unpaired) electrons. The second-order valence-electron chi connectivity index (χ2n) is 5.70. The smallest absolute Gasteiger partial charge is 0.227 e. The lowest BCUT2D eigenvalue weighted by Crippen LogP contribution is -2.17. The summed E-state index contributed by atoms with van der Waals surface area (Å²) in [5, 5.41) is 11.9. The Balaban J connectivity index is 1.64. The second kappa shape index (κ2) is 7.27. The van der Waals surface area contributed by atoms with Crippen LogP contribution in [-0.2, 0) is 13.0 Å². The number of hydrogen-bond acceptors (Lipinski definition) is 5. The van der Waals surface area contributed by atoms with Gasteiger partial charge in [0.25, 0.3) is 0 Å². The van der Waals surface area contributed by atoms with Crippen LogP contribution in [-0.4, -0.2) is 26.5 Å². The van der Waals surface area contributed by atoms with Crippen LogP contribution >= 0.6 is 15.9 Å². The summed E-state index contributed by atoms with van der Waals surface area (Å²) in [7, 11) is 0. The molecule has 1 N–H and O–H groups in total. The normalized spacial score (nSPS) is 11.2. The van der Waals surface area contributed by atoms with Crippen LogP contribution in [0, 0.1) is 20.8 Å². The first-order valence-corrected chi connectivity index (χ1v) is 8.65. The molecule has 0 bridgehead atoms. The zero-order valence-electron chi connectivity index (χ0n) is 14.0. The van der Waals surface area contributed by atoms with Crippen molar-refractivity contribution in [3.63, 3.8) is 0 Å². The molecule has 2 aromatic heterocycles. The Morgan fingerprint density at radius 1 is 1.17 bits per heavy atom. The number of benzene rings is 1. The number of nitrogens with zero attached hydrogens (tertiary/aromatic N) is 4. The van der Waals surface area contributed by atoms with Gasteiger partial charge in [-0.05, 0) is 45.0 Å². The van der Waals surface area contributed by atoms with Gasteiger partial charge in [-0.3, -0.25) is 0 Å². The number of aryl methyl sites for hydroxylation is 2. The highest BCUT2D eigenvalue weighted by Crippen LogP contribution is 2.19. The van der Waals surface area contributed by atoms with E-state index in [4.69, 9.17) is 4.52 Å². The summed E-state index contributed by atoms with van der Waals surface area (Å²) in [6, 6.07) is 8.16. The standard InChI is InChI=1S/C17H20BrN5O/c1-11-16(10-19-9-8-17-20-13(3)22-24-17)12(2)23(21-11)15-6-4-14(18)5-7-15/h4-7,19H,8-10H2,1-3H3. The average molecular weight is 390 g/mol. The number of halogens is 1. The SMILES string of the molecule is Cc1noc(CCNCc2c(C)nn(-c3ccc(Br)cc3)c2C)n1. The van der Waals surface area contributed by atoms with Crippen LogP contribution in [0.4, 0.5) is 0 Å². The monoisotopic (exact) mass is 389 g/mol. The van der Waals surface area contributed by atoms with E-state index in [1.165, 1.54) is 5.56 Å². The summed E-state index contributed by atoms with van der Waals surface area (Å²) in [6.07, 6.45) is 0.722. The molecule has 0 atom stereocenters. The first-order chi connectivity index (χ1) is 11.5. The molecule has 0 fully saturated rings. The number of nitrogens with one attached hydrogen (secondary N) is 1. The van der Waals surface area contributed by atoms with Crippen molar-refractivity contribution >= 4 is 15.9 Å². The third-order valence-corrected chi connectivity index (χ3v) is 4.43. The van der Waals surface area contributed by atoms with Crippen molar-refractivity contribution in [1.82, 2.24) is 25.2 Å². The molecule has 7 heteroatoms. The molecule has 126 valence electrons. The minimum absolute atomic E-state index is 0.666. The molecule has 0 aliphatic carbocycles. The Morgan fingerprint density at radius 3 is 2.58 bits per heavy atom. The van der Waals surface area contributed by atoms with Gasteiger partial charge in [-0.15, -0.1) is 0 Å². The van der Waals surface area contributed by atoms with Crippen LogP contribution in [0.2, 0.25) is 0 Å². The fourth-order valence-electron chi connectivity index (χ4n) is 2.61. The predicted octanol–water partition coefficient (Wildman–Crippen LogP) is 3.28. The first kappa shape index (κ1) is 16.9.